The molecule has 2 heterocycles. The van der Waals surface area contributed by atoms with Crippen molar-refractivity contribution in [3.8, 4) is 5.88 Å². The minimum Gasteiger partial charge on any atom is -0.476 e. The van der Waals surface area contributed by atoms with Gasteiger partial charge in [-0.15, -0.1) is 24.8 Å². The first-order valence-electron chi connectivity index (χ1n) is 11.7. The Hall–Kier alpha value is -3.26. The maximum absolute atomic E-state index is 12.9. The average Bonchev–Trinajstić information content (AvgIpc) is 2.85. The molecule has 0 fully saturated rings. The maximum atomic E-state index is 12.9. The fourth-order valence-corrected chi connectivity index (χ4v) is 3.92. The molecular weight excluding hydrogens is 511 g/mol. The summed E-state index contributed by atoms with van der Waals surface area (Å²) in [7, 11) is 5.73. The molecule has 0 saturated carbocycles. The number of aromatic nitrogens is 3. The molecule has 0 aliphatic carbocycles. The van der Waals surface area contributed by atoms with Crippen molar-refractivity contribution in [2.24, 2.45) is 7.05 Å². The Morgan fingerprint density at radius 3 is 2.32 bits per heavy atom. The summed E-state index contributed by atoms with van der Waals surface area (Å²) in [6.07, 6.45) is 2.89. The predicted molar refractivity (Wildman–Crippen MR) is 152 cm³/mol. The van der Waals surface area contributed by atoms with Crippen LogP contribution in [-0.2, 0) is 19.9 Å². The number of aryl methyl sites for hydroxylation is 3. The molecule has 0 N–H and O–H groups in total. The van der Waals surface area contributed by atoms with Gasteiger partial charge in [-0.3, -0.25) is 14.2 Å². The number of halogens is 2. The van der Waals surface area contributed by atoms with Crippen LogP contribution >= 0.6 is 24.8 Å². The predicted octanol–water partition coefficient (Wildman–Crippen LogP) is 4.44. The van der Waals surface area contributed by atoms with Gasteiger partial charge in [0, 0.05) is 43.4 Å². The number of likely N-dealkylation sites (N-methyl/N-ethyl adjacent to an activating group) is 1. The van der Waals surface area contributed by atoms with Crippen molar-refractivity contribution in [3.63, 3.8) is 0 Å². The highest BCUT2D eigenvalue weighted by atomic mass is 35.5. The van der Waals surface area contributed by atoms with Gasteiger partial charge >= 0.3 is 0 Å². The van der Waals surface area contributed by atoms with Crippen molar-refractivity contribution in [1.29, 1.82) is 0 Å². The largest absolute Gasteiger partial charge is 0.476 e. The molecule has 4 aromatic rings. The SMILES string of the molecule is Cc1cccc2nc(CCc3ccc(C(=O)c4ccc(OCCN(C)C)nc4)cc3)n(C)c(=O)c12.Cl.Cl. The summed E-state index contributed by atoms with van der Waals surface area (Å²) in [5.74, 6) is 1.16. The van der Waals surface area contributed by atoms with Crippen LogP contribution in [0.15, 0.2) is 65.6 Å². The number of carbonyl (C=O) groups excluding carboxylic acids is 1. The molecule has 0 bridgehead atoms. The van der Waals surface area contributed by atoms with E-state index in [1.165, 1.54) is 0 Å². The highest BCUT2D eigenvalue weighted by Gasteiger charge is 2.12. The molecule has 2 aromatic carbocycles. The number of pyridine rings is 1. The second-order valence-electron chi connectivity index (χ2n) is 8.92. The summed E-state index contributed by atoms with van der Waals surface area (Å²) in [5.41, 5.74) is 3.83. The third-order valence-electron chi connectivity index (χ3n) is 6.05. The maximum Gasteiger partial charge on any atom is 0.261 e. The zero-order valence-corrected chi connectivity index (χ0v) is 23.1. The quantitative estimate of drug-likeness (QED) is 0.291. The molecule has 0 atom stereocenters. The first kappa shape index (κ1) is 30.0. The van der Waals surface area contributed by atoms with Gasteiger partial charge in [0.05, 0.1) is 10.9 Å². The summed E-state index contributed by atoms with van der Waals surface area (Å²) < 4.78 is 7.22. The van der Waals surface area contributed by atoms with E-state index >= 15 is 0 Å². The van der Waals surface area contributed by atoms with Gasteiger partial charge in [-0.25, -0.2) is 9.97 Å². The van der Waals surface area contributed by atoms with E-state index in [0.717, 1.165) is 29.0 Å². The zero-order chi connectivity index (χ0) is 24.9. The molecule has 0 saturated heterocycles. The molecule has 7 nitrogen and oxygen atoms in total. The fraction of sp³-hybridized carbons (Fsp3) is 0.286. The van der Waals surface area contributed by atoms with Crippen LogP contribution < -0.4 is 10.3 Å². The summed E-state index contributed by atoms with van der Waals surface area (Å²) in [5, 5.41) is 0.671. The molecule has 2 aromatic heterocycles. The molecule has 0 aliphatic rings. The Morgan fingerprint density at radius 1 is 0.973 bits per heavy atom. The zero-order valence-electron chi connectivity index (χ0n) is 21.4. The van der Waals surface area contributed by atoms with Gasteiger partial charge in [0.2, 0.25) is 5.88 Å². The number of ketones is 1. The topological polar surface area (TPSA) is 77.3 Å². The van der Waals surface area contributed by atoms with Crippen LogP contribution in [0, 0.1) is 6.92 Å². The van der Waals surface area contributed by atoms with Gasteiger partial charge in [0.25, 0.3) is 5.56 Å². The number of rotatable bonds is 9. The van der Waals surface area contributed by atoms with E-state index in [-0.39, 0.29) is 36.2 Å². The summed E-state index contributed by atoms with van der Waals surface area (Å²) in [4.78, 5) is 36.7. The van der Waals surface area contributed by atoms with E-state index in [0.29, 0.717) is 41.8 Å². The summed E-state index contributed by atoms with van der Waals surface area (Å²) >= 11 is 0. The van der Waals surface area contributed by atoms with Crippen LogP contribution in [0.4, 0.5) is 0 Å². The van der Waals surface area contributed by atoms with Crippen LogP contribution in [0.25, 0.3) is 10.9 Å². The fourth-order valence-electron chi connectivity index (χ4n) is 3.92. The Labute approximate surface area is 229 Å². The number of benzene rings is 2. The molecular formula is C28H32Cl2N4O3. The number of nitrogens with zero attached hydrogens (tertiary/aromatic N) is 4. The second kappa shape index (κ2) is 13.3. The van der Waals surface area contributed by atoms with Gasteiger partial charge in [-0.2, -0.15) is 0 Å². The molecule has 37 heavy (non-hydrogen) atoms. The lowest BCUT2D eigenvalue weighted by atomic mass is 10.0. The van der Waals surface area contributed by atoms with E-state index < -0.39 is 0 Å². The molecule has 4 rings (SSSR count). The summed E-state index contributed by atoms with van der Waals surface area (Å²) in [6, 6.07) is 16.7. The number of hydrogen-bond donors (Lipinski definition) is 0. The number of fused-ring (bicyclic) bond motifs is 1. The van der Waals surface area contributed by atoms with Crippen LogP contribution in [0.1, 0.15) is 32.9 Å². The van der Waals surface area contributed by atoms with Crippen molar-refractivity contribution in [2.75, 3.05) is 27.2 Å². The minimum absolute atomic E-state index is 0. The normalized spacial score (nSPS) is 10.6. The molecule has 196 valence electrons. The lowest BCUT2D eigenvalue weighted by Crippen LogP contribution is -2.23. The Kier molecular flexibility index (Phi) is 10.8. The van der Waals surface area contributed by atoms with E-state index in [1.54, 1.807) is 29.9 Å². The van der Waals surface area contributed by atoms with E-state index in [4.69, 9.17) is 9.72 Å². The second-order valence-corrected chi connectivity index (χ2v) is 8.92. The van der Waals surface area contributed by atoms with Crippen molar-refractivity contribution in [1.82, 2.24) is 19.4 Å². The first-order valence-corrected chi connectivity index (χ1v) is 11.7. The monoisotopic (exact) mass is 542 g/mol. The van der Waals surface area contributed by atoms with Gasteiger partial charge in [0.15, 0.2) is 5.78 Å². The van der Waals surface area contributed by atoms with Gasteiger partial charge in [-0.1, -0.05) is 36.4 Å². The lowest BCUT2D eigenvalue weighted by Gasteiger charge is -2.11. The highest BCUT2D eigenvalue weighted by molar-refractivity contribution is 6.08. The number of hydrogen-bond acceptors (Lipinski definition) is 6. The molecule has 0 aliphatic heterocycles. The Bertz CT molecular complexity index is 1400. The summed E-state index contributed by atoms with van der Waals surface area (Å²) in [6.45, 7) is 3.26. The van der Waals surface area contributed by atoms with Gasteiger partial charge in [0.1, 0.15) is 12.4 Å². The van der Waals surface area contributed by atoms with Crippen molar-refractivity contribution in [2.45, 2.75) is 19.8 Å². The number of ether oxygens (including phenoxy) is 1. The third-order valence-corrected chi connectivity index (χ3v) is 6.05. The highest BCUT2D eigenvalue weighted by Crippen LogP contribution is 2.16. The molecule has 0 spiro atoms. The van der Waals surface area contributed by atoms with Crippen LogP contribution in [0.2, 0.25) is 0 Å². The molecule has 0 amide bonds. The van der Waals surface area contributed by atoms with Crippen molar-refractivity contribution in [3.05, 3.63) is 99.2 Å². The van der Waals surface area contributed by atoms with Crippen LogP contribution in [-0.4, -0.2) is 52.5 Å². The number of carbonyl (C=O) groups is 1. The third kappa shape index (κ3) is 7.16. The Morgan fingerprint density at radius 2 is 1.68 bits per heavy atom. The van der Waals surface area contributed by atoms with Crippen molar-refractivity contribution < 1.29 is 9.53 Å². The lowest BCUT2D eigenvalue weighted by molar-refractivity contribution is 0.103. The minimum atomic E-state index is -0.0853. The smallest absolute Gasteiger partial charge is 0.261 e. The first-order chi connectivity index (χ1) is 16.8. The average molecular weight is 543 g/mol. The van der Waals surface area contributed by atoms with Crippen LogP contribution in [0.5, 0.6) is 5.88 Å². The standard InChI is InChI=1S/C28H30N4O3.2ClH/c1-19-6-5-7-23-26(19)28(34)32(4)24(30-23)14-10-20-8-11-21(12-9-20)27(33)22-13-15-25(29-18-22)35-17-16-31(2)3;;/h5-9,11-13,15,18H,10,14,16-17H2,1-4H3;2*1H. The Balaban J connectivity index is 0.00000241. The molecule has 9 heteroatoms. The van der Waals surface area contributed by atoms with Crippen molar-refractivity contribution >= 4 is 41.5 Å². The van der Waals surface area contributed by atoms with Crippen LogP contribution in [0.3, 0.4) is 0 Å². The molecule has 0 radical (unpaired) electrons. The van der Waals surface area contributed by atoms with Gasteiger partial charge < -0.3 is 9.64 Å². The molecule has 0 unspecified atom stereocenters. The van der Waals surface area contributed by atoms with E-state index in [2.05, 4.69) is 4.98 Å². The van der Waals surface area contributed by atoms with Gasteiger partial charge in [-0.05, 0) is 50.7 Å². The van der Waals surface area contributed by atoms with E-state index in [1.807, 2.05) is 68.4 Å². The van der Waals surface area contributed by atoms with E-state index in [9.17, 15) is 9.59 Å².